The Morgan fingerprint density at radius 3 is 2.63 bits per heavy atom. The standard InChI is InChI=1S/C14H25NO4/c1-10-14(6-7-17-10)8-11(9-18-14)15(5)12(16)19-13(2,3)4/h10-11H,6-9H2,1-5H3/t10-,11+,14-/m0/s1. The van der Waals surface area contributed by atoms with Crippen LogP contribution in [0.15, 0.2) is 0 Å². The lowest BCUT2D eigenvalue weighted by atomic mass is 9.91. The van der Waals surface area contributed by atoms with E-state index in [1.54, 1.807) is 11.9 Å². The van der Waals surface area contributed by atoms with Gasteiger partial charge in [-0.25, -0.2) is 4.79 Å². The van der Waals surface area contributed by atoms with Crippen molar-refractivity contribution in [2.24, 2.45) is 0 Å². The second kappa shape index (κ2) is 4.94. The molecule has 2 saturated heterocycles. The Labute approximate surface area is 115 Å². The van der Waals surface area contributed by atoms with E-state index in [2.05, 4.69) is 0 Å². The van der Waals surface area contributed by atoms with Gasteiger partial charge in [-0.1, -0.05) is 0 Å². The number of likely N-dealkylation sites (N-methyl/N-ethyl adjacent to an activating group) is 1. The van der Waals surface area contributed by atoms with Crippen molar-refractivity contribution in [3.63, 3.8) is 0 Å². The second-order valence-electron chi connectivity index (χ2n) is 6.59. The summed E-state index contributed by atoms with van der Waals surface area (Å²) in [7, 11) is 1.78. The second-order valence-corrected chi connectivity index (χ2v) is 6.59. The van der Waals surface area contributed by atoms with Gasteiger partial charge in [-0.3, -0.25) is 0 Å². The third-order valence-corrected chi connectivity index (χ3v) is 4.01. The average Bonchev–Trinajstić information content (AvgIpc) is 2.85. The number of carbonyl (C=O) groups excluding carboxylic acids is 1. The molecule has 0 aromatic heterocycles. The summed E-state index contributed by atoms with van der Waals surface area (Å²) >= 11 is 0. The first kappa shape index (κ1) is 14.6. The largest absolute Gasteiger partial charge is 0.444 e. The molecule has 2 fully saturated rings. The Kier molecular flexibility index (Phi) is 3.80. The summed E-state index contributed by atoms with van der Waals surface area (Å²) in [6, 6.07) is 0.0685. The lowest BCUT2D eigenvalue weighted by Gasteiger charge is -2.29. The minimum Gasteiger partial charge on any atom is -0.444 e. The number of rotatable bonds is 1. The number of ether oxygens (including phenoxy) is 3. The topological polar surface area (TPSA) is 48.0 Å². The molecule has 0 aliphatic carbocycles. The lowest BCUT2D eigenvalue weighted by molar-refractivity contribution is -0.0474. The van der Waals surface area contributed by atoms with E-state index in [0.29, 0.717) is 6.61 Å². The SMILES string of the molecule is C[C@@H]1OCC[C@]12C[C@@H](N(C)C(=O)OC(C)(C)C)CO2. The van der Waals surface area contributed by atoms with Crippen molar-refractivity contribution in [3.8, 4) is 0 Å². The van der Waals surface area contributed by atoms with Crippen LogP contribution >= 0.6 is 0 Å². The molecule has 2 aliphatic rings. The highest BCUT2D eigenvalue weighted by molar-refractivity contribution is 5.68. The Morgan fingerprint density at radius 2 is 2.11 bits per heavy atom. The van der Waals surface area contributed by atoms with Gasteiger partial charge in [0, 0.05) is 26.5 Å². The number of nitrogens with zero attached hydrogens (tertiary/aromatic N) is 1. The molecular formula is C14H25NO4. The molecule has 110 valence electrons. The van der Waals surface area contributed by atoms with Crippen molar-refractivity contribution >= 4 is 6.09 Å². The van der Waals surface area contributed by atoms with Gasteiger partial charge in [-0.15, -0.1) is 0 Å². The zero-order valence-corrected chi connectivity index (χ0v) is 12.6. The highest BCUT2D eigenvalue weighted by Crippen LogP contribution is 2.39. The van der Waals surface area contributed by atoms with Crippen molar-refractivity contribution in [2.45, 2.75) is 63.9 Å². The smallest absolute Gasteiger partial charge is 0.410 e. The summed E-state index contributed by atoms with van der Waals surface area (Å²) in [5, 5.41) is 0. The van der Waals surface area contributed by atoms with Crippen LogP contribution in [0.1, 0.15) is 40.5 Å². The molecule has 1 amide bonds. The van der Waals surface area contributed by atoms with Gasteiger partial charge < -0.3 is 19.1 Å². The normalized spacial score (nSPS) is 34.8. The van der Waals surface area contributed by atoms with Gasteiger partial charge in [0.1, 0.15) is 5.60 Å². The highest BCUT2D eigenvalue weighted by atomic mass is 16.6. The van der Waals surface area contributed by atoms with Crippen LogP contribution in [0.5, 0.6) is 0 Å². The molecule has 3 atom stereocenters. The van der Waals surface area contributed by atoms with Crippen LogP contribution in [0.3, 0.4) is 0 Å². The third-order valence-electron chi connectivity index (χ3n) is 4.01. The molecule has 0 aromatic rings. The van der Waals surface area contributed by atoms with Gasteiger partial charge in [-0.2, -0.15) is 0 Å². The van der Waals surface area contributed by atoms with Crippen molar-refractivity contribution in [3.05, 3.63) is 0 Å². The molecule has 0 radical (unpaired) electrons. The lowest BCUT2D eigenvalue weighted by Crippen LogP contribution is -2.42. The molecule has 19 heavy (non-hydrogen) atoms. The summed E-state index contributed by atoms with van der Waals surface area (Å²) in [4.78, 5) is 13.7. The predicted molar refractivity (Wildman–Crippen MR) is 71.1 cm³/mol. The molecule has 0 saturated carbocycles. The van der Waals surface area contributed by atoms with E-state index in [4.69, 9.17) is 14.2 Å². The molecule has 5 nitrogen and oxygen atoms in total. The first-order valence-corrected chi connectivity index (χ1v) is 6.95. The Hall–Kier alpha value is -0.810. The fourth-order valence-corrected chi connectivity index (χ4v) is 2.73. The van der Waals surface area contributed by atoms with Crippen LogP contribution in [0, 0.1) is 0 Å². The molecule has 2 rings (SSSR count). The summed E-state index contributed by atoms with van der Waals surface area (Å²) in [6.07, 6.45) is 1.55. The third kappa shape index (κ3) is 3.03. The first-order valence-electron chi connectivity index (χ1n) is 6.95. The van der Waals surface area contributed by atoms with Crippen LogP contribution in [-0.4, -0.2) is 54.6 Å². The minimum absolute atomic E-state index is 0.0685. The predicted octanol–water partition coefficient (Wildman–Crippen LogP) is 2.19. The molecule has 0 unspecified atom stereocenters. The summed E-state index contributed by atoms with van der Waals surface area (Å²) in [6.45, 7) is 8.96. The fraction of sp³-hybridized carbons (Fsp3) is 0.929. The van der Waals surface area contributed by atoms with E-state index in [1.165, 1.54) is 0 Å². The molecule has 1 spiro atoms. The molecule has 0 aromatic carbocycles. The van der Waals surface area contributed by atoms with Gasteiger partial charge in [0.25, 0.3) is 0 Å². The van der Waals surface area contributed by atoms with Gasteiger partial charge >= 0.3 is 6.09 Å². The molecule has 5 heteroatoms. The maximum Gasteiger partial charge on any atom is 0.410 e. The zero-order chi connectivity index (χ0) is 14.3. The minimum atomic E-state index is -0.466. The van der Waals surface area contributed by atoms with Gasteiger partial charge in [0.15, 0.2) is 0 Å². The van der Waals surface area contributed by atoms with E-state index in [1.807, 2.05) is 27.7 Å². The van der Waals surface area contributed by atoms with Gasteiger partial charge in [0.2, 0.25) is 0 Å². The van der Waals surface area contributed by atoms with Crippen molar-refractivity contribution in [2.75, 3.05) is 20.3 Å². The van der Waals surface area contributed by atoms with E-state index >= 15 is 0 Å². The Bertz CT molecular complexity index is 352. The maximum atomic E-state index is 12.0. The van der Waals surface area contributed by atoms with E-state index < -0.39 is 5.60 Å². The van der Waals surface area contributed by atoms with Crippen molar-refractivity contribution < 1.29 is 19.0 Å². The maximum absolute atomic E-state index is 12.0. The van der Waals surface area contributed by atoms with Crippen LogP contribution in [0.25, 0.3) is 0 Å². The molecule has 0 bridgehead atoms. The van der Waals surface area contributed by atoms with Crippen LogP contribution in [-0.2, 0) is 14.2 Å². The molecule has 2 heterocycles. The fourth-order valence-electron chi connectivity index (χ4n) is 2.73. The molecular weight excluding hydrogens is 246 g/mol. The number of hydrogen-bond donors (Lipinski definition) is 0. The van der Waals surface area contributed by atoms with Crippen LogP contribution < -0.4 is 0 Å². The van der Waals surface area contributed by atoms with E-state index in [-0.39, 0.29) is 23.8 Å². The van der Waals surface area contributed by atoms with Crippen LogP contribution in [0.2, 0.25) is 0 Å². The molecule has 0 N–H and O–H groups in total. The highest BCUT2D eigenvalue weighted by Gasteiger charge is 2.50. The Balaban J connectivity index is 1.95. The summed E-state index contributed by atoms with van der Waals surface area (Å²) in [5.74, 6) is 0. The van der Waals surface area contributed by atoms with Gasteiger partial charge in [-0.05, 0) is 27.7 Å². The van der Waals surface area contributed by atoms with Crippen molar-refractivity contribution in [1.29, 1.82) is 0 Å². The number of carbonyl (C=O) groups is 1. The van der Waals surface area contributed by atoms with Gasteiger partial charge in [0.05, 0.1) is 24.4 Å². The Morgan fingerprint density at radius 1 is 1.42 bits per heavy atom. The van der Waals surface area contributed by atoms with E-state index in [9.17, 15) is 4.79 Å². The van der Waals surface area contributed by atoms with E-state index in [0.717, 1.165) is 19.4 Å². The number of amides is 1. The van der Waals surface area contributed by atoms with Crippen LogP contribution in [0.4, 0.5) is 4.79 Å². The summed E-state index contributed by atoms with van der Waals surface area (Å²) < 4.78 is 16.9. The van der Waals surface area contributed by atoms with Crippen molar-refractivity contribution in [1.82, 2.24) is 4.90 Å². The average molecular weight is 271 g/mol. The monoisotopic (exact) mass is 271 g/mol. The summed E-state index contributed by atoms with van der Waals surface area (Å²) in [5.41, 5.74) is -0.673. The number of hydrogen-bond acceptors (Lipinski definition) is 4. The quantitative estimate of drug-likeness (QED) is 0.733. The zero-order valence-electron chi connectivity index (χ0n) is 12.6. The molecule has 2 aliphatic heterocycles. The first-order chi connectivity index (χ1) is 8.73.